The highest BCUT2D eigenvalue weighted by atomic mass is 32.1. The number of fused-ring (bicyclic) bond motifs is 2. The normalized spacial score (nSPS) is 26.1. The second kappa shape index (κ2) is 5.65. The monoisotopic (exact) mass is 316 g/mol. The highest BCUT2D eigenvalue weighted by Crippen LogP contribution is 2.28. The fraction of sp³-hybridized carbons (Fsp3) is 0.471. The van der Waals surface area contributed by atoms with Gasteiger partial charge in [0.15, 0.2) is 0 Å². The van der Waals surface area contributed by atoms with Gasteiger partial charge in [0.1, 0.15) is 0 Å². The van der Waals surface area contributed by atoms with Crippen LogP contribution in [0.25, 0.3) is 10.1 Å². The van der Waals surface area contributed by atoms with Crippen LogP contribution >= 0.6 is 11.3 Å². The van der Waals surface area contributed by atoms with Gasteiger partial charge in [-0.2, -0.15) is 0 Å². The molecule has 0 saturated carbocycles. The zero-order chi connectivity index (χ0) is 15.1. The van der Waals surface area contributed by atoms with Crippen LogP contribution in [0, 0.1) is 0 Å². The van der Waals surface area contributed by atoms with Gasteiger partial charge in [0, 0.05) is 41.1 Å². The third kappa shape index (κ3) is 2.33. The lowest BCUT2D eigenvalue weighted by molar-refractivity contribution is -0.0699. The molecule has 0 N–H and O–H groups in total. The molecule has 2 aromatic rings. The molecule has 2 aliphatic rings. The van der Waals surface area contributed by atoms with Crippen molar-refractivity contribution in [1.82, 2.24) is 9.80 Å². The highest BCUT2D eigenvalue weighted by Gasteiger charge is 2.35. The lowest BCUT2D eigenvalue weighted by atomic mass is 10.1. The van der Waals surface area contributed by atoms with E-state index in [9.17, 15) is 4.79 Å². The van der Waals surface area contributed by atoms with Crippen molar-refractivity contribution in [1.29, 1.82) is 0 Å². The first-order valence-corrected chi connectivity index (χ1v) is 8.71. The van der Waals surface area contributed by atoms with Gasteiger partial charge >= 0.3 is 0 Å². The number of thiophene rings is 1. The largest absolute Gasteiger partial charge is 0.378 e. The van der Waals surface area contributed by atoms with E-state index in [-0.39, 0.29) is 5.91 Å². The van der Waals surface area contributed by atoms with Gasteiger partial charge in [-0.1, -0.05) is 18.2 Å². The smallest absolute Gasteiger partial charge is 0.255 e. The molecule has 2 saturated heterocycles. The van der Waals surface area contributed by atoms with Crippen LogP contribution in [0.4, 0.5) is 0 Å². The molecule has 1 aromatic heterocycles. The summed E-state index contributed by atoms with van der Waals surface area (Å²) in [4.78, 5) is 17.4. The third-order valence-electron chi connectivity index (χ3n) is 4.76. The van der Waals surface area contributed by atoms with Gasteiger partial charge in [-0.15, -0.1) is 11.3 Å². The molecule has 22 heavy (non-hydrogen) atoms. The molecule has 0 unspecified atom stereocenters. The summed E-state index contributed by atoms with van der Waals surface area (Å²) in [5.41, 5.74) is 0.846. The second-order valence-electron chi connectivity index (χ2n) is 6.17. The Morgan fingerprint density at radius 2 is 2.14 bits per heavy atom. The molecular formula is C17H20N2O2S. The number of carbonyl (C=O) groups is 1. The van der Waals surface area contributed by atoms with Crippen molar-refractivity contribution in [2.24, 2.45) is 0 Å². The number of carbonyl (C=O) groups excluding carboxylic acids is 1. The number of hydrogen-bond donors (Lipinski definition) is 0. The topological polar surface area (TPSA) is 32.8 Å². The van der Waals surface area contributed by atoms with Crippen molar-refractivity contribution in [3.8, 4) is 0 Å². The lowest BCUT2D eigenvalue weighted by Crippen LogP contribution is -2.61. The van der Waals surface area contributed by atoms with E-state index in [0.29, 0.717) is 12.1 Å². The Morgan fingerprint density at radius 1 is 1.27 bits per heavy atom. The molecule has 3 heterocycles. The Hall–Kier alpha value is -1.43. The first kappa shape index (κ1) is 14.2. The summed E-state index contributed by atoms with van der Waals surface area (Å²) in [6.07, 6.45) is 0. The summed E-state index contributed by atoms with van der Waals surface area (Å²) in [5.74, 6) is 0.162. The van der Waals surface area contributed by atoms with Crippen molar-refractivity contribution in [3.63, 3.8) is 0 Å². The maximum atomic E-state index is 12.9. The van der Waals surface area contributed by atoms with Gasteiger partial charge in [-0.3, -0.25) is 9.69 Å². The molecule has 0 aliphatic carbocycles. The van der Waals surface area contributed by atoms with E-state index in [4.69, 9.17) is 4.74 Å². The van der Waals surface area contributed by atoms with Gasteiger partial charge < -0.3 is 9.64 Å². The fourth-order valence-corrected chi connectivity index (χ4v) is 4.50. The maximum absolute atomic E-state index is 12.9. The zero-order valence-electron chi connectivity index (χ0n) is 12.7. The summed E-state index contributed by atoms with van der Waals surface area (Å²) < 4.78 is 6.84. The number of nitrogens with zero attached hydrogens (tertiary/aromatic N) is 2. The van der Waals surface area contributed by atoms with Gasteiger partial charge in [-0.05, 0) is 13.0 Å². The first-order valence-electron chi connectivity index (χ1n) is 7.83. The number of piperazine rings is 1. The second-order valence-corrected chi connectivity index (χ2v) is 7.09. The van der Waals surface area contributed by atoms with Gasteiger partial charge in [0.05, 0.1) is 24.8 Å². The van der Waals surface area contributed by atoms with E-state index in [1.807, 2.05) is 28.5 Å². The van der Waals surface area contributed by atoms with Crippen molar-refractivity contribution in [2.75, 3.05) is 32.8 Å². The number of morpholine rings is 1. The van der Waals surface area contributed by atoms with Gasteiger partial charge in [-0.25, -0.2) is 0 Å². The molecule has 0 bridgehead atoms. The molecule has 5 heteroatoms. The molecule has 1 aromatic carbocycles. The molecule has 4 nitrogen and oxygen atoms in total. The van der Waals surface area contributed by atoms with Crippen LogP contribution in [-0.2, 0) is 4.74 Å². The molecule has 0 radical (unpaired) electrons. The highest BCUT2D eigenvalue weighted by molar-refractivity contribution is 7.17. The van der Waals surface area contributed by atoms with Crippen LogP contribution in [0.1, 0.15) is 17.3 Å². The molecular weight excluding hydrogens is 296 g/mol. The van der Waals surface area contributed by atoms with E-state index < -0.39 is 0 Å². The number of amides is 1. The average Bonchev–Trinajstić information content (AvgIpc) is 2.98. The van der Waals surface area contributed by atoms with E-state index in [1.54, 1.807) is 11.3 Å². The Kier molecular flexibility index (Phi) is 3.64. The number of ether oxygens (including phenoxy) is 1. The van der Waals surface area contributed by atoms with Crippen molar-refractivity contribution >= 4 is 27.3 Å². The minimum absolute atomic E-state index is 0.162. The van der Waals surface area contributed by atoms with Crippen LogP contribution in [0.15, 0.2) is 29.6 Å². The maximum Gasteiger partial charge on any atom is 0.255 e. The number of hydrogen-bond acceptors (Lipinski definition) is 4. The van der Waals surface area contributed by atoms with E-state index >= 15 is 0 Å². The van der Waals surface area contributed by atoms with Crippen LogP contribution < -0.4 is 0 Å². The van der Waals surface area contributed by atoms with Crippen LogP contribution in [0.2, 0.25) is 0 Å². The predicted octanol–water partition coefficient (Wildman–Crippen LogP) is 2.45. The minimum Gasteiger partial charge on any atom is -0.378 e. The summed E-state index contributed by atoms with van der Waals surface area (Å²) in [6, 6.07) is 8.93. The summed E-state index contributed by atoms with van der Waals surface area (Å²) in [7, 11) is 0. The van der Waals surface area contributed by atoms with Crippen molar-refractivity contribution < 1.29 is 9.53 Å². The first-order chi connectivity index (χ1) is 10.7. The van der Waals surface area contributed by atoms with Crippen molar-refractivity contribution in [3.05, 3.63) is 35.2 Å². The Labute approximate surface area is 134 Å². The van der Waals surface area contributed by atoms with Crippen molar-refractivity contribution in [2.45, 2.75) is 19.0 Å². The Bertz CT molecular complexity index is 699. The third-order valence-corrected chi connectivity index (χ3v) is 5.73. The molecule has 4 rings (SSSR count). The molecule has 1 amide bonds. The Morgan fingerprint density at radius 3 is 3.05 bits per heavy atom. The lowest BCUT2D eigenvalue weighted by Gasteiger charge is -2.46. The molecule has 116 valence electrons. The van der Waals surface area contributed by atoms with Crippen LogP contribution in [-0.4, -0.2) is 60.6 Å². The van der Waals surface area contributed by atoms with E-state index in [2.05, 4.69) is 17.9 Å². The van der Waals surface area contributed by atoms with E-state index in [0.717, 1.165) is 43.8 Å². The minimum atomic E-state index is 0.162. The fourth-order valence-electron chi connectivity index (χ4n) is 3.57. The van der Waals surface area contributed by atoms with Crippen LogP contribution in [0.5, 0.6) is 0 Å². The zero-order valence-corrected chi connectivity index (χ0v) is 13.5. The standard InChI is InChI=1S/C17H20N2O2S/c1-12-9-21-10-13-8-18(6-7-19(12)13)17(20)15-11-22-16-5-3-2-4-14(15)16/h2-5,11-13H,6-10H2,1H3/t12-,13+/m0/s1. The summed E-state index contributed by atoms with van der Waals surface area (Å²) in [5, 5.41) is 3.08. The average molecular weight is 316 g/mol. The van der Waals surface area contributed by atoms with E-state index in [1.165, 1.54) is 4.70 Å². The summed E-state index contributed by atoms with van der Waals surface area (Å²) >= 11 is 1.65. The molecule has 0 spiro atoms. The SMILES string of the molecule is C[C@H]1COC[C@H]2CN(C(=O)c3csc4ccccc34)CCN21. The quantitative estimate of drug-likeness (QED) is 0.810. The number of benzene rings is 1. The Balaban J connectivity index is 1.56. The molecule has 2 atom stereocenters. The molecule has 2 fully saturated rings. The number of rotatable bonds is 1. The van der Waals surface area contributed by atoms with Gasteiger partial charge in [0.25, 0.3) is 5.91 Å². The predicted molar refractivity (Wildman–Crippen MR) is 88.5 cm³/mol. The molecule has 2 aliphatic heterocycles. The van der Waals surface area contributed by atoms with Crippen LogP contribution in [0.3, 0.4) is 0 Å². The van der Waals surface area contributed by atoms with Gasteiger partial charge in [0.2, 0.25) is 0 Å². The summed E-state index contributed by atoms with van der Waals surface area (Å²) in [6.45, 7) is 6.27.